The molecule has 0 atom stereocenters. The van der Waals surface area contributed by atoms with Gasteiger partial charge in [0.1, 0.15) is 5.60 Å². The largest absolute Gasteiger partial charge is 0.444 e. The Morgan fingerprint density at radius 3 is 2.06 bits per heavy atom. The van der Waals surface area contributed by atoms with Gasteiger partial charge in [-0.15, -0.1) is 0 Å². The molecule has 0 aromatic heterocycles. The van der Waals surface area contributed by atoms with Gasteiger partial charge in [0.15, 0.2) is 0 Å². The summed E-state index contributed by atoms with van der Waals surface area (Å²) in [5.41, 5.74) is 3.14. The fourth-order valence-corrected chi connectivity index (χ4v) is 2.68. The number of benzene rings is 2. The van der Waals surface area contributed by atoms with Crippen molar-refractivity contribution >= 4 is 23.6 Å². The maximum atomic E-state index is 12.1. The standard InChI is InChI=1S/C24H31N3O4/c1-17-5-7-18(8-6-17)15-22(29)26-16-19-9-11-20(12-10-19)27-21(28)13-14-25-23(30)31-24(2,3)4/h5-12H,13-16H2,1-4H3,(H,25,30)(H,26,29)(H,27,28). The summed E-state index contributed by atoms with van der Waals surface area (Å²) in [7, 11) is 0. The van der Waals surface area contributed by atoms with E-state index in [-0.39, 0.29) is 24.8 Å². The second-order valence-electron chi connectivity index (χ2n) is 8.36. The summed E-state index contributed by atoms with van der Waals surface area (Å²) >= 11 is 0. The van der Waals surface area contributed by atoms with Gasteiger partial charge in [-0.25, -0.2) is 4.79 Å². The minimum absolute atomic E-state index is 0.0429. The Morgan fingerprint density at radius 1 is 0.839 bits per heavy atom. The molecule has 0 aliphatic rings. The highest BCUT2D eigenvalue weighted by Gasteiger charge is 2.15. The van der Waals surface area contributed by atoms with Gasteiger partial charge in [-0.1, -0.05) is 42.0 Å². The number of nitrogens with one attached hydrogen (secondary N) is 3. The van der Waals surface area contributed by atoms with Gasteiger partial charge in [-0.05, 0) is 51.0 Å². The van der Waals surface area contributed by atoms with Crippen LogP contribution in [0.1, 0.15) is 43.9 Å². The van der Waals surface area contributed by atoms with E-state index in [1.54, 1.807) is 32.9 Å². The summed E-state index contributed by atoms with van der Waals surface area (Å²) in [6, 6.07) is 15.1. The SMILES string of the molecule is Cc1ccc(CC(=O)NCc2ccc(NC(=O)CCNC(=O)OC(C)(C)C)cc2)cc1. The summed E-state index contributed by atoms with van der Waals surface area (Å²) in [5, 5.41) is 8.22. The van der Waals surface area contributed by atoms with Crippen LogP contribution >= 0.6 is 0 Å². The van der Waals surface area contributed by atoms with Crippen molar-refractivity contribution in [2.24, 2.45) is 0 Å². The monoisotopic (exact) mass is 425 g/mol. The Balaban J connectivity index is 1.70. The fraction of sp³-hybridized carbons (Fsp3) is 0.375. The van der Waals surface area contributed by atoms with E-state index in [1.165, 1.54) is 0 Å². The topological polar surface area (TPSA) is 96.5 Å². The zero-order valence-electron chi connectivity index (χ0n) is 18.6. The average Bonchev–Trinajstić information content (AvgIpc) is 2.68. The number of carbonyl (C=O) groups excluding carboxylic acids is 3. The molecule has 0 heterocycles. The van der Waals surface area contributed by atoms with Gasteiger partial charge >= 0.3 is 6.09 Å². The Hall–Kier alpha value is -3.35. The summed E-state index contributed by atoms with van der Waals surface area (Å²) in [6.45, 7) is 7.94. The van der Waals surface area contributed by atoms with Gasteiger partial charge in [0.05, 0.1) is 6.42 Å². The van der Waals surface area contributed by atoms with Crippen molar-refractivity contribution in [3.8, 4) is 0 Å². The second-order valence-corrected chi connectivity index (χ2v) is 8.36. The molecule has 2 rings (SSSR count). The minimum Gasteiger partial charge on any atom is -0.444 e. The van der Waals surface area contributed by atoms with Gasteiger partial charge in [-0.2, -0.15) is 0 Å². The van der Waals surface area contributed by atoms with Gasteiger partial charge in [0.2, 0.25) is 11.8 Å². The number of rotatable bonds is 8. The lowest BCUT2D eigenvalue weighted by atomic mass is 10.1. The third-order valence-corrected chi connectivity index (χ3v) is 4.23. The molecule has 0 aliphatic heterocycles. The summed E-state index contributed by atoms with van der Waals surface area (Å²) in [4.78, 5) is 35.7. The highest BCUT2D eigenvalue weighted by molar-refractivity contribution is 5.91. The third-order valence-electron chi connectivity index (χ3n) is 4.23. The van der Waals surface area contributed by atoms with Crippen LogP contribution in [-0.4, -0.2) is 30.1 Å². The lowest BCUT2D eigenvalue weighted by Gasteiger charge is -2.19. The van der Waals surface area contributed by atoms with Crippen LogP contribution in [0, 0.1) is 6.92 Å². The molecule has 0 fully saturated rings. The lowest BCUT2D eigenvalue weighted by molar-refractivity contribution is -0.120. The van der Waals surface area contributed by atoms with E-state index in [0.29, 0.717) is 18.7 Å². The van der Waals surface area contributed by atoms with E-state index in [9.17, 15) is 14.4 Å². The first kappa shape index (κ1) is 23.9. The molecule has 3 N–H and O–H groups in total. The number of hydrogen-bond donors (Lipinski definition) is 3. The zero-order valence-corrected chi connectivity index (χ0v) is 18.6. The minimum atomic E-state index is -0.575. The molecule has 0 saturated carbocycles. The predicted molar refractivity (Wildman–Crippen MR) is 121 cm³/mol. The maximum absolute atomic E-state index is 12.1. The van der Waals surface area contributed by atoms with Crippen molar-refractivity contribution in [2.45, 2.75) is 52.7 Å². The first-order chi connectivity index (χ1) is 14.6. The second kappa shape index (κ2) is 11.2. The molecule has 3 amide bonds. The Labute approximate surface area is 183 Å². The van der Waals surface area contributed by atoms with Crippen molar-refractivity contribution in [1.82, 2.24) is 10.6 Å². The molecule has 7 heteroatoms. The van der Waals surface area contributed by atoms with Crippen LogP contribution in [0.4, 0.5) is 10.5 Å². The van der Waals surface area contributed by atoms with Gasteiger partial charge < -0.3 is 20.7 Å². The normalized spacial score (nSPS) is 10.8. The molecule has 0 saturated heterocycles. The Bertz CT molecular complexity index is 885. The van der Waals surface area contributed by atoms with Crippen molar-refractivity contribution in [2.75, 3.05) is 11.9 Å². The highest BCUT2D eigenvalue weighted by Crippen LogP contribution is 2.10. The number of anilines is 1. The molecule has 166 valence electrons. The van der Waals surface area contributed by atoms with Crippen molar-refractivity contribution in [3.63, 3.8) is 0 Å². The molecular formula is C24H31N3O4. The van der Waals surface area contributed by atoms with Gasteiger partial charge in [0.25, 0.3) is 0 Å². The van der Waals surface area contributed by atoms with E-state index in [4.69, 9.17) is 4.74 Å². The molecular weight excluding hydrogens is 394 g/mol. The smallest absolute Gasteiger partial charge is 0.407 e. The van der Waals surface area contributed by atoms with Crippen molar-refractivity contribution < 1.29 is 19.1 Å². The van der Waals surface area contributed by atoms with Crippen LogP contribution < -0.4 is 16.0 Å². The van der Waals surface area contributed by atoms with Crippen molar-refractivity contribution in [3.05, 3.63) is 65.2 Å². The van der Waals surface area contributed by atoms with E-state index in [0.717, 1.165) is 16.7 Å². The first-order valence-electron chi connectivity index (χ1n) is 10.3. The molecule has 0 aliphatic carbocycles. The molecule has 31 heavy (non-hydrogen) atoms. The Kier molecular flexibility index (Phi) is 8.61. The summed E-state index contributed by atoms with van der Waals surface area (Å²) in [6.07, 6.45) is -0.0731. The quantitative estimate of drug-likeness (QED) is 0.601. The number of alkyl carbamates (subject to hydrolysis) is 1. The van der Waals surface area contributed by atoms with Crippen LogP contribution in [0.25, 0.3) is 0 Å². The van der Waals surface area contributed by atoms with E-state index in [2.05, 4.69) is 16.0 Å². The Morgan fingerprint density at radius 2 is 1.45 bits per heavy atom. The van der Waals surface area contributed by atoms with Crippen LogP contribution in [0.5, 0.6) is 0 Å². The molecule has 0 spiro atoms. The van der Waals surface area contributed by atoms with Crippen LogP contribution in [0.3, 0.4) is 0 Å². The highest BCUT2D eigenvalue weighted by atomic mass is 16.6. The lowest BCUT2D eigenvalue weighted by Crippen LogP contribution is -2.34. The van der Waals surface area contributed by atoms with Crippen LogP contribution in [0.15, 0.2) is 48.5 Å². The molecule has 0 unspecified atom stereocenters. The number of carbonyl (C=O) groups is 3. The van der Waals surface area contributed by atoms with Crippen LogP contribution in [-0.2, 0) is 27.3 Å². The molecule has 7 nitrogen and oxygen atoms in total. The van der Waals surface area contributed by atoms with Gasteiger partial charge in [-0.3, -0.25) is 9.59 Å². The molecule has 2 aromatic carbocycles. The third kappa shape index (κ3) is 9.80. The number of hydrogen-bond acceptors (Lipinski definition) is 4. The average molecular weight is 426 g/mol. The fourth-order valence-electron chi connectivity index (χ4n) is 2.68. The van der Waals surface area contributed by atoms with E-state index >= 15 is 0 Å². The molecule has 0 bridgehead atoms. The maximum Gasteiger partial charge on any atom is 0.407 e. The molecule has 0 radical (unpaired) electrons. The van der Waals surface area contributed by atoms with E-state index < -0.39 is 11.7 Å². The number of aryl methyl sites for hydroxylation is 1. The number of ether oxygens (including phenoxy) is 1. The predicted octanol–water partition coefficient (Wildman–Crippen LogP) is 3.71. The van der Waals surface area contributed by atoms with Crippen molar-refractivity contribution in [1.29, 1.82) is 0 Å². The first-order valence-corrected chi connectivity index (χ1v) is 10.3. The van der Waals surface area contributed by atoms with Crippen LogP contribution in [0.2, 0.25) is 0 Å². The zero-order chi connectivity index (χ0) is 22.9. The van der Waals surface area contributed by atoms with E-state index in [1.807, 2.05) is 43.3 Å². The summed E-state index contributed by atoms with van der Waals surface area (Å²) in [5.74, 6) is -0.256. The summed E-state index contributed by atoms with van der Waals surface area (Å²) < 4.78 is 5.12. The molecule has 2 aromatic rings. The van der Waals surface area contributed by atoms with Gasteiger partial charge in [0, 0.05) is 25.2 Å². The number of amides is 3.